The van der Waals surface area contributed by atoms with E-state index in [-0.39, 0.29) is 41.3 Å². The highest BCUT2D eigenvalue weighted by Crippen LogP contribution is 2.38. The average Bonchev–Trinajstić information content (AvgIpc) is 3.12. The molecule has 37 heavy (non-hydrogen) atoms. The third-order valence-electron chi connectivity index (χ3n) is 7.66. The number of ether oxygens (including phenoxy) is 2. The summed E-state index contributed by atoms with van der Waals surface area (Å²) in [5.41, 5.74) is 0. The second-order valence-corrected chi connectivity index (χ2v) is 17.2. The molecule has 0 saturated carbocycles. The van der Waals surface area contributed by atoms with E-state index in [9.17, 15) is 9.59 Å². The molecular formula is C30H54O6Si. The molecule has 1 aliphatic heterocycles. The lowest BCUT2D eigenvalue weighted by atomic mass is 9.82. The van der Waals surface area contributed by atoms with Gasteiger partial charge in [-0.1, -0.05) is 64.8 Å². The Hall–Kier alpha value is -1.28. The number of Topliss-reactive ketones (excluding diaryl/α,β-unsaturated/α-hetero) is 1. The molecule has 1 aliphatic rings. The van der Waals surface area contributed by atoms with E-state index < -0.39 is 20.1 Å². The first-order valence-corrected chi connectivity index (χ1v) is 17.1. The van der Waals surface area contributed by atoms with E-state index in [1.165, 1.54) is 12.8 Å². The number of carbonyl (C=O) groups excluding carboxylic acids is 1. The summed E-state index contributed by atoms with van der Waals surface area (Å²) in [5.74, 6) is -1.74. The molecular weight excluding hydrogens is 484 g/mol. The van der Waals surface area contributed by atoms with Crippen molar-refractivity contribution >= 4 is 20.1 Å². The third-order valence-corrected chi connectivity index (χ3v) is 12.2. The van der Waals surface area contributed by atoms with Crippen molar-refractivity contribution in [1.29, 1.82) is 0 Å². The van der Waals surface area contributed by atoms with Crippen molar-refractivity contribution in [2.75, 3.05) is 6.61 Å². The number of carboxylic acids is 1. The maximum Gasteiger partial charge on any atom is 0.303 e. The van der Waals surface area contributed by atoms with Crippen LogP contribution in [-0.2, 0) is 23.5 Å². The molecule has 7 heteroatoms. The van der Waals surface area contributed by atoms with Gasteiger partial charge in [-0.25, -0.2) is 0 Å². The average molecular weight is 539 g/mol. The van der Waals surface area contributed by atoms with E-state index in [0.717, 1.165) is 12.8 Å². The van der Waals surface area contributed by atoms with Gasteiger partial charge in [0.25, 0.3) is 0 Å². The van der Waals surface area contributed by atoms with Crippen LogP contribution < -0.4 is 0 Å². The van der Waals surface area contributed by atoms with Crippen LogP contribution in [-0.4, -0.2) is 49.8 Å². The van der Waals surface area contributed by atoms with Gasteiger partial charge in [-0.2, -0.15) is 0 Å². The maximum atomic E-state index is 12.9. The molecule has 0 aromatic heterocycles. The van der Waals surface area contributed by atoms with Gasteiger partial charge in [0.2, 0.25) is 0 Å². The van der Waals surface area contributed by atoms with Crippen LogP contribution in [0.3, 0.4) is 0 Å². The SMILES string of the molecule is CCCCC/C=C\C[C@@H](C(C)=O)[C@H](/C=C/C(CCCC(=O)O)O[Si](C)(C)C(C)(C)C)[C@H]1COC(C)(C)O1. The minimum atomic E-state index is -2.09. The summed E-state index contributed by atoms with van der Waals surface area (Å²) in [6.07, 6.45) is 14.6. The molecule has 1 N–H and O–H groups in total. The summed E-state index contributed by atoms with van der Waals surface area (Å²) in [7, 11) is -2.09. The Morgan fingerprint density at radius 1 is 1.14 bits per heavy atom. The van der Waals surface area contributed by atoms with Gasteiger partial charge in [0.15, 0.2) is 14.1 Å². The first-order valence-electron chi connectivity index (χ1n) is 14.1. The number of hydrogen-bond acceptors (Lipinski definition) is 5. The second-order valence-electron chi connectivity index (χ2n) is 12.5. The zero-order valence-corrected chi connectivity index (χ0v) is 26.0. The summed E-state index contributed by atoms with van der Waals surface area (Å²) < 4.78 is 18.8. The van der Waals surface area contributed by atoms with E-state index in [0.29, 0.717) is 25.9 Å². The second kappa shape index (κ2) is 15.3. The maximum absolute atomic E-state index is 12.9. The smallest absolute Gasteiger partial charge is 0.303 e. The van der Waals surface area contributed by atoms with E-state index >= 15 is 0 Å². The summed E-state index contributed by atoms with van der Waals surface area (Å²) in [6.45, 7) is 19.1. The van der Waals surface area contributed by atoms with Crippen LogP contribution in [0.1, 0.15) is 99.8 Å². The molecule has 1 rings (SSSR count). The summed E-state index contributed by atoms with van der Waals surface area (Å²) in [5, 5.41) is 9.19. The molecule has 0 radical (unpaired) electrons. The van der Waals surface area contributed by atoms with Crippen LogP contribution in [0.25, 0.3) is 0 Å². The van der Waals surface area contributed by atoms with E-state index in [1.807, 2.05) is 13.8 Å². The molecule has 0 aliphatic carbocycles. The minimum absolute atomic E-state index is 0.0300. The molecule has 214 valence electrons. The van der Waals surface area contributed by atoms with E-state index in [2.05, 4.69) is 65.1 Å². The number of hydrogen-bond donors (Lipinski definition) is 1. The lowest BCUT2D eigenvalue weighted by Crippen LogP contribution is -2.43. The highest BCUT2D eigenvalue weighted by molar-refractivity contribution is 6.74. The highest BCUT2D eigenvalue weighted by Gasteiger charge is 2.41. The minimum Gasteiger partial charge on any atom is -0.481 e. The van der Waals surface area contributed by atoms with Gasteiger partial charge in [-0.3, -0.25) is 9.59 Å². The number of unbranched alkanes of at least 4 members (excludes halogenated alkanes) is 3. The molecule has 4 atom stereocenters. The van der Waals surface area contributed by atoms with Crippen LogP contribution >= 0.6 is 0 Å². The van der Waals surface area contributed by atoms with Crippen molar-refractivity contribution < 1.29 is 28.6 Å². The first-order chi connectivity index (χ1) is 17.1. The Labute approximate surface area is 227 Å². The molecule has 0 bridgehead atoms. The van der Waals surface area contributed by atoms with Crippen molar-refractivity contribution in [3.8, 4) is 0 Å². The lowest BCUT2D eigenvalue weighted by molar-refractivity contribution is -0.147. The van der Waals surface area contributed by atoms with Crippen LogP contribution in [0, 0.1) is 11.8 Å². The fourth-order valence-electron chi connectivity index (χ4n) is 4.35. The Morgan fingerprint density at radius 3 is 2.32 bits per heavy atom. The lowest BCUT2D eigenvalue weighted by Gasteiger charge is -2.39. The third kappa shape index (κ3) is 12.4. The summed E-state index contributed by atoms with van der Waals surface area (Å²) >= 11 is 0. The number of aliphatic carboxylic acids is 1. The summed E-state index contributed by atoms with van der Waals surface area (Å²) in [6, 6.07) is 0. The van der Waals surface area contributed by atoms with Gasteiger partial charge in [0, 0.05) is 18.3 Å². The molecule has 1 fully saturated rings. The predicted octanol–water partition coefficient (Wildman–Crippen LogP) is 7.69. The standard InChI is InChI=1S/C30H54O6Si/c1-10-11-12-13-14-15-18-25(23(2)31)26(27-22-34-30(6,7)35-27)21-20-24(17-16-19-28(32)33)36-37(8,9)29(3,4)5/h14-15,20-21,24-27H,10-13,16-19,22H2,1-9H3,(H,32,33)/b15-14-,21-20+/t24?,25-,26-,27+/m0/s1. The molecule has 0 aromatic carbocycles. The van der Waals surface area contributed by atoms with Gasteiger partial charge in [0.05, 0.1) is 18.8 Å². The zero-order valence-electron chi connectivity index (χ0n) is 25.0. The molecule has 0 aromatic rings. The van der Waals surface area contributed by atoms with Gasteiger partial charge in [-0.15, -0.1) is 0 Å². The Kier molecular flexibility index (Phi) is 14.0. The van der Waals surface area contributed by atoms with E-state index in [4.69, 9.17) is 19.0 Å². The highest BCUT2D eigenvalue weighted by atomic mass is 28.4. The van der Waals surface area contributed by atoms with Crippen LogP contribution in [0.4, 0.5) is 0 Å². The number of rotatable bonds is 17. The Balaban J connectivity index is 3.21. The van der Waals surface area contributed by atoms with Crippen LogP contribution in [0.2, 0.25) is 18.1 Å². The summed E-state index contributed by atoms with van der Waals surface area (Å²) in [4.78, 5) is 24.0. The number of carboxylic acid groups (broad SMARTS) is 1. The van der Waals surface area contributed by atoms with Crippen molar-refractivity contribution in [2.45, 2.75) is 136 Å². The largest absolute Gasteiger partial charge is 0.481 e. The monoisotopic (exact) mass is 538 g/mol. The molecule has 1 saturated heterocycles. The first kappa shape index (κ1) is 33.7. The number of carbonyl (C=O) groups is 2. The molecule has 1 unspecified atom stereocenters. The van der Waals surface area contributed by atoms with Gasteiger partial charge in [-0.05, 0) is 71.0 Å². The van der Waals surface area contributed by atoms with Crippen molar-refractivity contribution in [3.63, 3.8) is 0 Å². The fourth-order valence-corrected chi connectivity index (χ4v) is 5.65. The van der Waals surface area contributed by atoms with Gasteiger partial charge in [0.1, 0.15) is 5.78 Å². The molecule has 1 heterocycles. The number of allylic oxidation sites excluding steroid dienone is 2. The predicted molar refractivity (Wildman–Crippen MR) is 153 cm³/mol. The van der Waals surface area contributed by atoms with Gasteiger partial charge < -0.3 is 19.0 Å². The van der Waals surface area contributed by atoms with Crippen molar-refractivity contribution in [1.82, 2.24) is 0 Å². The molecule has 0 amide bonds. The van der Waals surface area contributed by atoms with E-state index in [1.54, 1.807) is 6.92 Å². The molecule has 0 spiro atoms. The van der Waals surface area contributed by atoms with Gasteiger partial charge >= 0.3 is 5.97 Å². The van der Waals surface area contributed by atoms with Crippen LogP contribution in [0.15, 0.2) is 24.3 Å². The molecule has 6 nitrogen and oxygen atoms in total. The Bertz CT molecular complexity index is 765. The quantitative estimate of drug-likeness (QED) is 0.116. The number of ketones is 1. The normalized spacial score (nSPS) is 20.9. The fraction of sp³-hybridized carbons (Fsp3) is 0.800. The van der Waals surface area contributed by atoms with Crippen molar-refractivity contribution in [3.05, 3.63) is 24.3 Å². The topological polar surface area (TPSA) is 82.1 Å². The van der Waals surface area contributed by atoms with Crippen molar-refractivity contribution in [2.24, 2.45) is 11.8 Å². The zero-order chi connectivity index (χ0) is 28.3. The van der Waals surface area contributed by atoms with Crippen LogP contribution in [0.5, 0.6) is 0 Å². The Morgan fingerprint density at radius 2 is 1.81 bits per heavy atom.